The summed E-state index contributed by atoms with van der Waals surface area (Å²) in [4.78, 5) is 30.5. The van der Waals surface area contributed by atoms with Crippen LogP contribution in [0.1, 0.15) is 110 Å². The second kappa shape index (κ2) is 19.7. The van der Waals surface area contributed by atoms with E-state index in [-0.39, 0.29) is 18.6 Å². The van der Waals surface area contributed by atoms with E-state index >= 15 is 0 Å². The molecule has 0 saturated heterocycles. The molecule has 2 atom stereocenters. The van der Waals surface area contributed by atoms with Crippen molar-refractivity contribution in [1.29, 1.82) is 0 Å². The van der Waals surface area contributed by atoms with Crippen LogP contribution < -0.4 is 5.32 Å². The van der Waals surface area contributed by atoms with Crippen LogP contribution in [0.3, 0.4) is 0 Å². The van der Waals surface area contributed by atoms with Crippen molar-refractivity contribution in [2.24, 2.45) is 0 Å². The Morgan fingerprint density at radius 1 is 0.853 bits per heavy atom. The summed E-state index contributed by atoms with van der Waals surface area (Å²) in [7, 11) is 0.987. The number of nitrogens with zero attached hydrogens (tertiary/aromatic N) is 1. The van der Waals surface area contributed by atoms with E-state index in [0.717, 1.165) is 12.8 Å². The van der Waals surface area contributed by atoms with E-state index in [0.29, 0.717) is 23.9 Å². The molecule has 0 heterocycles. The lowest BCUT2D eigenvalue weighted by molar-refractivity contribution is -0.876. The predicted molar refractivity (Wildman–Crippen MR) is 138 cm³/mol. The van der Waals surface area contributed by atoms with Gasteiger partial charge in [-0.1, -0.05) is 90.9 Å². The summed E-state index contributed by atoms with van der Waals surface area (Å²) in [6.45, 7) is 4.73. The van der Waals surface area contributed by atoms with E-state index in [1.54, 1.807) is 0 Å². The van der Waals surface area contributed by atoms with Crippen molar-refractivity contribution >= 4 is 13.7 Å². The molecule has 204 valence electrons. The van der Waals surface area contributed by atoms with E-state index in [2.05, 4.69) is 12.2 Å². The van der Waals surface area contributed by atoms with Gasteiger partial charge in [-0.05, 0) is 12.8 Å². The molecule has 0 saturated carbocycles. The molecule has 0 bridgehead atoms. The Morgan fingerprint density at radius 2 is 1.32 bits per heavy atom. The Labute approximate surface area is 209 Å². The first-order valence-corrected chi connectivity index (χ1v) is 15.0. The molecule has 0 radical (unpaired) electrons. The Bertz CT molecular complexity index is 550. The molecule has 0 aliphatic heterocycles. The molecule has 0 aromatic rings. The first-order valence-electron chi connectivity index (χ1n) is 13.4. The van der Waals surface area contributed by atoms with Gasteiger partial charge in [-0.3, -0.25) is 9.32 Å². The third kappa shape index (κ3) is 23.3. The number of rotatable bonds is 23. The number of likely N-dealkylation sites (N-methyl/N-ethyl adjacent to an activating group) is 1. The van der Waals surface area contributed by atoms with Gasteiger partial charge in [0.2, 0.25) is 12.2 Å². The normalized spacial score (nSPS) is 14.2. The molecule has 0 aliphatic rings. The van der Waals surface area contributed by atoms with E-state index < -0.39 is 14.1 Å². The Morgan fingerprint density at radius 3 is 1.74 bits per heavy atom. The Hall–Kier alpha value is -0.500. The number of hydrogen-bond acceptors (Lipinski definition) is 4. The predicted octanol–water partition coefficient (Wildman–Crippen LogP) is 5.52. The third-order valence-corrected chi connectivity index (χ3v) is 6.30. The molecule has 1 amide bonds. The summed E-state index contributed by atoms with van der Waals surface area (Å²) in [6, 6.07) is 0. The van der Waals surface area contributed by atoms with Gasteiger partial charge in [0.15, 0.2) is 0 Å². The first-order chi connectivity index (χ1) is 16.0. The van der Waals surface area contributed by atoms with E-state index in [1.807, 2.05) is 28.1 Å². The first kappa shape index (κ1) is 33.5. The fourth-order valence-electron chi connectivity index (χ4n) is 3.82. The molecule has 0 aliphatic carbocycles. The van der Waals surface area contributed by atoms with Crippen LogP contribution in [0.25, 0.3) is 0 Å². The minimum absolute atomic E-state index is 0.0100. The molecule has 2 unspecified atom stereocenters. The Kier molecular flexibility index (Phi) is 19.4. The molecule has 34 heavy (non-hydrogen) atoms. The number of phosphoric acid groups is 1. The second-order valence-corrected chi connectivity index (χ2v) is 11.7. The van der Waals surface area contributed by atoms with Crippen molar-refractivity contribution in [3.8, 4) is 0 Å². The lowest BCUT2D eigenvalue weighted by Crippen LogP contribution is -2.45. The van der Waals surface area contributed by atoms with Crippen LogP contribution in [0.4, 0.5) is 0 Å². The van der Waals surface area contributed by atoms with Crippen LogP contribution in [-0.4, -0.2) is 66.8 Å². The summed E-state index contributed by atoms with van der Waals surface area (Å²) in [6.07, 6.45) is 16.2. The number of hydrogen-bond donors (Lipinski definition) is 3. The van der Waals surface area contributed by atoms with Crippen molar-refractivity contribution in [1.82, 2.24) is 5.32 Å². The average molecular weight is 510 g/mol. The van der Waals surface area contributed by atoms with Gasteiger partial charge < -0.3 is 24.3 Å². The number of carbonyl (C=O) groups is 1. The molecule has 3 N–H and O–H groups in total. The van der Waals surface area contributed by atoms with Crippen LogP contribution >= 0.6 is 7.82 Å². The summed E-state index contributed by atoms with van der Waals surface area (Å²) >= 11 is 0. The molecule has 0 aromatic carbocycles. The van der Waals surface area contributed by atoms with E-state index in [9.17, 15) is 9.36 Å². The second-order valence-electron chi connectivity index (χ2n) is 10.5. The van der Waals surface area contributed by atoms with Crippen LogP contribution in [0.5, 0.6) is 0 Å². The monoisotopic (exact) mass is 509 g/mol. The highest BCUT2D eigenvalue weighted by Crippen LogP contribution is 2.38. The maximum Gasteiger partial charge on any atom is 0.472 e. The quantitative estimate of drug-likeness (QED) is 0.0725. The number of nitrogens with one attached hydrogen (secondary N) is 1. The van der Waals surface area contributed by atoms with E-state index in [4.69, 9.17) is 19.0 Å². The molecule has 9 heteroatoms. The maximum atomic E-state index is 12.2. The number of carbonyl (C=O) groups excluding carboxylic acids is 1. The highest BCUT2D eigenvalue weighted by molar-refractivity contribution is 7.46. The number of amides is 1. The molecular weight excluding hydrogens is 455 g/mol. The van der Waals surface area contributed by atoms with Crippen LogP contribution in [0, 0.1) is 0 Å². The zero-order chi connectivity index (χ0) is 25.9. The van der Waals surface area contributed by atoms with Crippen LogP contribution in [-0.2, 0) is 18.6 Å². The van der Waals surface area contributed by atoms with Crippen molar-refractivity contribution in [2.45, 2.75) is 123 Å². The van der Waals surface area contributed by atoms with Gasteiger partial charge >= 0.3 is 7.82 Å². The maximum absolute atomic E-state index is 12.2. The summed E-state index contributed by atoms with van der Waals surface area (Å²) in [5, 5.41) is 2.89. The van der Waals surface area contributed by atoms with Gasteiger partial charge in [0.25, 0.3) is 0 Å². The van der Waals surface area contributed by atoms with Gasteiger partial charge in [0, 0.05) is 13.0 Å². The molecule has 0 rings (SSSR count). The fraction of sp³-hybridized carbons (Fsp3) is 0.960. The number of ether oxygens (including phenoxy) is 1. The fourth-order valence-corrected chi connectivity index (χ4v) is 4.25. The topological polar surface area (TPSA) is 105 Å². The zero-order valence-electron chi connectivity index (χ0n) is 22.6. The van der Waals surface area contributed by atoms with Crippen molar-refractivity contribution in [2.75, 3.05) is 34.2 Å². The molecule has 0 spiro atoms. The van der Waals surface area contributed by atoms with Crippen LogP contribution in [0.2, 0.25) is 0 Å². The lowest BCUT2D eigenvalue weighted by atomic mass is 10.0. The summed E-state index contributed by atoms with van der Waals surface area (Å²) < 4.78 is 22.3. The SMILES string of the molecule is CCCCCCCCCCCCCCCC(=O)NCC(CC)OC(C[N+](C)(C)C)OP(=O)(O)O. The highest BCUT2D eigenvalue weighted by atomic mass is 31.2. The number of phosphoric ester groups is 1. The third-order valence-electron chi connectivity index (χ3n) is 5.79. The van der Waals surface area contributed by atoms with Gasteiger partial charge in [-0.15, -0.1) is 0 Å². The summed E-state index contributed by atoms with van der Waals surface area (Å²) in [5.41, 5.74) is 0. The molecule has 0 fully saturated rings. The van der Waals surface area contributed by atoms with Crippen molar-refractivity contribution in [3.63, 3.8) is 0 Å². The smallest absolute Gasteiger partial charge is 0.353 e. The highest BCUT2D eigenvalue weighted by Gasteiger charge is 2.30. The standard InChI is InChI=1S/C25H53N2O6P/c1-6-8-9-10-11-12-13-14-15-16-17-18-19-20-24(28)26-21-23(7-2)32-25(22-27(3,4)5)33-34(29,30)31/h23,25H,6-22H2,1-5H3,(H2-,26,28,29,30,31)/p+1. The van der Waals surface area contributed by atoms with Gasteiger partial charge in [0.05, 0.1) is 27.2 Å². The number of quaternary nitrogens is 1. The van der Waals surface area contributed by atoms with Gasteiger partial charge in [-0.25, -0.2) is 4.57 Å². The Balaban J connectivity index is 3.93. The number of unbranched alkanes of at least 4 members (excludes halogenated alkanes) is 12. The lowest BCUT2D eigenvalue weighted by Gasteiger charge is -2.31. The van der Waals surface area contributed by atoms with Crippen molar-refractivity contribution in [3.05, 3.63) is 0 Å². The van der Waals surface area contributed by atoms with Crippen LogP contribution in [0.15, 0.2) is 0 Å². The van der Waals surface area contributed by atoms with Gasteiger partial charge in [0.1, 0.15) is 6.54 Å². The minimum Gasteiger partial charge on any atom is -0.353 e. The van der Waals surface area contributed by atoms with E-state index in [1.165, 1.54) is 70.6 Å². The van der Waals surface area contributed by atoms with Gasteiger partial charge in [-0.2, -0.15) is 0 Å². The molecule has 8 nitrogen and oxygen atoms in total. The average Bonchev–Trinajstić information content (AvgIpc) is 2.72. The zero-order valence-corrected chi connectivity index (χ0v) is 23.5. The minimum atomic E-state index is -4.67. The van der Waals surface area contributed by atoms with Crippen molar-refractivity contribution < 1.29 is 32.9 Å². The largest absolute Gasteiger partial charge is 0.472 e. The molecular formula is C25H54N2O6P+. The molecule has 0 aromatic heterocycles. The summed E-state index contributed by atoms with van der Waals surface area (Å²) in [5.74, 6) is -0.0100.